The number of aromatic nitrogens is 2. The lowest BCUT2D eigenvalue weighted by molar-refractivity contribution is 0.0543. The molecule has 2 aliphatic heterocycles. The molecule has 2 aliphatic rings. The van der Waals surface area contributed by atoms with Crippen LogP contribution in [0.3, 0.4) is 0 Å². The summed E-state index contributed by atoms with van der Waals surface area (Å²) >= 11 is 3.54. The average molecular weight is 417 g/mol. The van der Waals surface area contributed by atoms with Crippen LogP contribution in [0.5, 0.6) is 0 Å². The summed E-state index contributed by atoms with van der Waals surface area (Å²) in [5.41, 5.74) is 1.45. The molecule has 0 saturated carbocycles. The third kappa shape index (κ3) is 3.86. The molecule has 1 aromatic carbocycles. The molecule has 138 valence electrons. The Bertz CT molecular complexity index is 725. The minimum atomic E-state index is 0.0811. The zero-order valence-corrected chi connectivity index (χ0v) is 16.5. The number of ether oxygens (including phenoxy) is 1. The first-order valence-electron chi connectivity index (χ1n) is 9.40. The van der Waals surface area contributed by atoms with E-state index in [9.17, 15) is 0 Å². The number of rotatable bonds is 5. The predicted molar refractivity (Wildman–Crippen MR) is 108 cm³/mol. The predicted octanol–water partition coefficient (Wildman–Crippen LogP) is 4.00. The molecule has 26 heavy (non-hydrogen) atoms. The molecule has 2 fully saturated rings. The first-order chi connectivity index (χ1) is 12.8. The van der Waals surface area contributed by atoms with Gasteiger partial charge in [-0.25, -0.2) is 9.97 Å². The molecule has 0 spiro atoms. The Morgan fingerprint density at radius 3 is 2.54 bits per heavy atom. The molecule has 6 heteroatoms. The number of nitrogens with zero attached hydrogens (tertiary/aromatic N) is 3. The second kappa shape index (κ2) is 7.92. The molecule has 0 atom stereocenters. The van der Waals surface area contributed by atoms with E-state index in [-0.39, 0.29) is 5.41 Å². The van der Waals surface area contributed by atoms with Gasteiger partial charge in [-0.15, -0.1) is 0 Å². The van der Waals surface area contributed by atoms with Crippen molar-refractivity contribution in [2.24, 2.45) is 0 Å². The molecule has 0 aliphatic carbocycles. The summed E-state index contributed by atoms with van der Waals surface area (Å²) in [6.07, 6.45) is 6.21. The quantitative estimate of drug-likeness (QED) is 0.797. The normalized spacial score (nSPS) is 19.5. The molecule has 3 heterocycles. The van der Waals surface area contributed by atoms with Crippen LogP contribution in [0.1, 0.15) is 31.2 Å². The molecule has 0 bridgehead atoms. The van der Waals surface area contributed by atoms with Crippen LogP contribution < -0.4 is 10.2 Å². The molecule has 1 aromatic heterocycles. The maximum Gasteiger partial charge on any atom is 0.134 e. The van der Waals surface area contributed by atoms with Gasteiger partial charge in [0.25, 0.3) is 0 Å². The van der Waals surface area contributed by atoms with E-state index in [2.05, 4.69) is 66.4 Å². The first-order valence-corrected chi connectivity index (χ1v) is 10.2. The second-order valence-electron chi connectivity index (χ2n) is 7.21. The Kier molecular flexibility index (Phi) is 5.41. The van der Waals surface area contributed by atoms with Gasteiger partial charge in [0.05, 0.1) is 0 Å². The SMILES string of the molecule is Brc1ccc(C2(CNc3cc(N4CCCC4)ncn3)CCOCC2)cc1. The van der Waals surface area contributed by atoms with E-state index in [1.165, 1.54) is 18.4 Å². The highest BCUT2D eigenvalue weighted by atomic mass is 79.9. The van der Waals surface area contributed by atoms with Crippen molar-refractivity contribution < 1.29 is 4.74 Å². The van der Waals surface area contributed by atoms with Crippen LogP contribution in [0.2, 0.25) is 0 Å². The summed E-state index contributed by atoms with van der Waals surface area (Å²) in [6.45, 7) is 4.66. The molecule has 1 N–H and O–H groups in total. The highest BCUT2D eigenvalue weighted by Crippen LogP contribution is 2.35. The number of halogens is 1. The maximum absolute atomic E-state index is 5.64. The van der Waals surface area contributed by atoms with E-state index < -0.39 is 0 Å². The van der Waals surface area contributed by atoms with Crippen LogP contribution in [0.4, 0.5) is 11.6 Å². The third-order valence-electron chi connectivity index (χ3n) is 5.60. The van der Waals surface area contributed by atoms with Crippen molar-refractivity contribution in [1.82, 2.24) is 9.97 Å². The van der Waals surface area contributed by atoms with Gasteiger partial charge < -0.3 is 15.0 Å². The van der Waals surface area contributed by atoms with Crippen molar-refractivity contribution in [3.8, 4) is 0 Å². The molecular weight excluding hydrogens is 392 g/mol. The van der Waals surface area contributed by atoms with Crippen LogP contribution in [0, 0.1) is 0 Å². The standard InChI is InChI=1S/C20H25BrN4O/c21-17-5-3-16(4-6-17)20(7-11-26-12-8-20)14-22-18-13-19(24-15-23-18)25-9-1-2-10-25/h3-6,13,15H,1-2,7-12,14H2,(H,22,23,24). The topological polar surface area (TPSA) is 50.3 Å². The van der Waals surface area contributed by atoms with E-state index in [1.807, 2.05) is 0 Å². The lowest BCUT2D eigenvalue weighted by Crippen LogP contribution is -2.40. The lowest BCUT2D eigenvalue weighted by Gasteiger charge is -2.38. The van der Waals surface area contributed by atoms with Gasteiger partial charge >= 0.3 is 0 Å². The Morgan fingerprint density at radius 1 is 1.08 bits per heavy atom. The fraction of sp³-hybridized carbons (Fsp3) is 0.500. The van der Waals surface area contributed by atoms with Gasteiger partial charge in [-0.2, -0.15) is 0 Å². The van der Waals surface area contributed by atoms with Crippen LogP contribution >= 0.6 is 15.9 Å². The van der Waals surface area contributed by atoms with Crippen LogP contribution in [0.15, 0.2) is 41.1 Å². The molecule has 0 amide bonds. The summed E-state index contributed by atoms with van der Waals surface area (Å²) in [5.74, 6) is 1.94. The van der Waals surface area contributed by atoms with Crippen molar-refractivity contribution in [3.63, 3.8) is 0 Å². The monoisotopic (exact) mass is 416 g/mol. The molecule has 2 saturated heterocycles. The average Bonchev–Trinajstić information content (AvgIpc) is 3.23. The second-order valence-corrected chi connectivity index (χ2v) is 8.12. The van der Waals surface area contributed by atoms with Crippen molar-refractivity contribution >= 4 is 27.6 Å². The van der Waals surface area contributed by atoms with E-state index >= 15 is 0 Å². The Morgan fingerprint density at radius 2 is 1.81 bits per heavy atom. The minimum Gasteiger partial charge on any atom is -0.381 e. The number of nitrogens with one attached hydrogen (secondary N) is 1. The summed E-state index contributed by atoms with van der Waals surface area (Å²) in [5, 5.41) is 3.59. The summed E-state index contributed by atoms with van der Waals surface area (Å²) in [4.78, 5) is 11.2. The fourth-order valence-corrected chi connectivity index (χ4v) is 4.22. The van der Waals surface area contributed by atoms with Crippen molar-refractivity contribution in [2.75, 3.05) is 43.1 Å². The Hall–Kier alpha value is -1.66. The smallest absolute Gasteiger partial charge is 0.134 e. The van der Waals surface area contributed by atoms with Gasteiger partial charge in [0.1, 0.15) is 18.0 Å². The molecule has 0 unspecified atom stereocenters. The number of hydrogen-bond donors (Lipinski definition) is 1. The fourth-order valence-electron chi connectivity index (χ4n) is 3.96. The molecular formula is C20H25BrN4O. The Balaban J connectivity index is 1.51. The van der Waals surface area contributed by atoms with E-state index in [4.69, 9.17) is 4.74 Å². The van der Waals surface area contributed by atoms with Gasteiger partial charge in [-0.3, -0.25) is 0 Å². The largest absolute Gasteiger partial charge is 0.381 e. The third-order valence-corrected chi connectivity index (χ3v) is 6.13. The number of hydrogen-bond acceptors (Lipinski definition) is 5. The van der Waals surface area contributed by atoms with E-state index in [0.717, 1.165) is 61.8 Å². The van der Waals surface area contributed by atoms with Gasteiger partial charge in [0.15, 0.2) is 0 Å². The lowest BCUT2D eigenvalue weighted by atomic mass is 9.74. The van der Waals surface area contributed by atoms with Crippen molar-refractivity contribution in [1.29, 1.82) is 0 Å². The summed E-state index contributed by atoms with van der Waals surface area (Å²) in [7, 11) is 0. The first kappa shape index (κ1) is 17.7. The van der Waals surface area contributed by atoms with Crippen LogP contribution in [-0.4, -0.2) is 42.8 Å². The summed E-state index contributed by atoms with van der Waals surface area (Å²) < 4.78 is 6.75. The minimum absolute atomic E-state index is 0.0811. The van der Waals surface area contributed by atoms with Gasteiger partial charge in [0, 0.05) is 48.8 Å². The zero-order valence-electron chi connectivity index (χ0n) is 15.0. The zero-order chi connectivity index (χ0) is 17.8. The van der Waals surface area contributed by atoms with E-state index in [0.29, 0.717) is 0 Å². The summed E-state index contributed by atoms with van der Waals surface area (Å²) in [6, 6.07) is 10.8. The Labute approximate surface area is 163 Å². The van der Waals surface area contributed by atoms with Crippen molar-refractivity contribution in [3.05, 3.63) is 46.7 Å². The molecule has 2 aromatic rings. The molecule has 4 rings (SSSR count). The van der Waals surface area contributed by atoms with Crippen LogP contribution in [-0.2, 0) is 10.2 Å². The number of anilines is 2. The highest BCUT2D eigenvalue weighted by Gasteiger charge is 2.34. The molecule has 0 radical (unpaired) electrons. The maximum atomic E-state index is 5.64. The van der Waals surface area contributed by atoms with E-state index in [1.54, 1.807) is 6.33 Å². The van der Waals surface area contributed by atoms with Crippen LogP contribution in [0.25, 0.3) is 0 Å². The highest BCUT2D eigenvalue weighted by molar-refractivity contribution is 9.10. The number of benzene rings is 1. The van der Waals surface area contributed by atoms with Gasteiger partial charge in [-0.1, -0.05) is 28.1 Å². The van der Waals surface area contributed by atoms with Crippen molar-refractivity contribution in [2.45, 2.75) is 31.1 Å². The van der Waals surface area contributed by atoms with Gasteiger partial charge in [0.2, 0.25) is 0 Å². The molecule has 5 nitrogen and oxygen atoms in total. The van der Waals surface area contributed by atoms with Gasteiger partial charge in [-0.05, 0) is 43.4 Å².